The van der Waals surface area contributed by atoms with E-state index in [1.165, 1.54) is 25.5 Å². The first-order valence-corrected chi connectivity index (χ1v) is 5.66. The summed E-state index contributed by atoms with van der Waals surface area (Å²) in [6, 6.07) is 7.78. The third-order valence-corrected chi connectivity index (χ3v) is 2.92. The first-order chi connectivity index (χ1) is 7.40. The van der Waals surface area contributed by atoms with Crippen LogP contribution in [0.1, 0.15) is 37.7 Å². The number of hydrogen-bond acceptors (Lipinski definition) is 2. The predicted octanol–water partition coefficient (Wildman–Crippen LogP) is 3.40. The zero-order valence-corrected chi connectivity index (χ0v) is 8.91. The zero-order chi connectivity index (χ0) is 10.5. The van der Waals surface area contributed by atoms with Gasteiger partial charge in [0.15, 0.2) is 0 Å². The molecule has 1 aliphatic rings. The van der Waals surface area contributed by atoms with E-state index >= 15 is 0 Å². The number of ether oxygens (including phenoxy) is 1. The van der Waals surface area contributed by atoms with Crippen LogP contribution in [-0.4, -0.2) is 12.3 Å². The molecule has 1 aromatic carbocycles. The summed E-state index contributed by atoms with van der Waals surface area (Å²) in [6.07, 6.45) is 7.93. The van der Waals surface area contributed by atoms with Gasteiger partial charge in [0, 0.05) is 11.8 Å². The van der Waals surface area contributed by atoms with E-state index in [9.17, 15) is 0 Å². The lowest BCUT2D eigenvalue weighted by Crippen LogP contribution is -2.20. The maximum absolute atomic E-state index is 7.30. The minimum Gasteiger partial charge on any atom is -0.490 e. The maximum atomic E-state index is 7.30. The monoisotopic (exact) mass is 203 g/mol. The lowest BCUT2D eigenvalue weighted by atomic mass is 9.98. The van der Waals surface area contributed by atoms with Crippen molar-refractivity contribution in [3.05, 3.63) is 29.8 Å². The van der Waals surface area contributed by atoms with E-state index in [4.69, 9.17) is 10.1 Å². The van der Waals surface area contributed by atoms with Crippen LogP contribution in [0.5, 0.6) is 5.75 Å². The summed E-state index contributed by atoms with van der Waals surface area (Å²) in [5, 5.41) is 7.30. The average molecular weight is 203 g/mol. The molecule has 0 saturated heterocycles. The van der Waals surface area contributed by atoms with E-state index in [-0.39, 0.29) is 0 Å². The van der Waals surface area contributed by atoms with Gasteiger partial charge in [-0.3, -0.25) is 0 Å². The summed E-state index contributed by atoms with van der Waals surface area (Å²) in [5.41, 5.74) is 0.878. The molecule has 15 heavy (non-hydrogen) atoms. The molecule has 0 atom stereocenters. The van der Waals surface area contributed by atoms with Crippen LogP contribution in [0.2, 0.25) is 0 Å². The van der Waals surface area contributed by atoms with Crippen molar-refractivity contribution >= 4 is 6.21 Å². The van der Waals surface area contributed by atoms with Gasteiger partial charge < -0.3 is 10.1 Å². The molecule has 1 saturated carbocycles. The van der Waals surface area contributed by atoms with Crippen LogP contribution < -0.4 is 4.74 Å². The highest BCUT2D eigenvalue weighted by molar-refractivity contribution is 5.81. The quantitative estimate of drug-likeness (QED) is 0.750. The summed E-state index contributed by atoms with van der Waals surface area (Å²) in [5.74, 6) is 0.861. The Bertz CT molecular complexity index is 329. The minimum absolute atomic E-state index is 0.361. The molecule has 0 aromatic heterocycles. The third-order valence-electron chi connectivity index (χ3n) is 2.92. The van der Waals surface area contributed by atoms with Gasteiger partial charge in [-0.2, -0.15) is 0 Å². The van der Waals surface area contributed by atoms with Crippen molar-refractivity contribution in [2.75, 3.05) is 0 Å². The second-order valence-electron chi connectivity index (χ2n) is 4.06. The van der Waals surface area contributed by atoms with Crippen LogP contribution in [-0.2, 0) is 0 Å². The van der Waals surface area contributed by atoms with Crippen LogP contribution in [0.15, 0.2) is 24.3 Å². The van der Waals surface area contributed by atoms with Gasteiger partial charge in [-0.25, -0.2) is 0 Å². The van der Waals surface area contributed by atoms with Crippen molar-refractivity contribution in [1.82, 2.24) is 0 Å². The minimum atomic E-state index is 0.361. The molecule has 2 nitrogen and oxygen atoms in total. The largest absolute Gasteiger partial charge is 0.490 e. The summed E-state index contributed by atoms with van der Waals surface area (Å²) < 4.78 is 5.93. The van der Waals surface area contributed by atoms with Crippen LogP contribution in [0.3, 0.4) is 0 Å². The van der Waals surface area contributed by atoms with Gasteiger partial charge >= 0.3 is 0 Å². The number of para-hydroxylation sites is 1. The van der Waals surface area contributed by atoms with Crippen LogP contribution in [0.25, 0.3) is 0 Å². The number of hydrogen-bond donors (Lipinski definition) is 1. The van der Waals surface area contributed by atoms with Crippen molar-refractivity contribution in [2.45, 2.75) is 38.2 Å². The molecule has 0 bridgehead atoms. The van der Waals surface area contributed by atoms with Crippen LogP contribution in [0, 0.1) is 5.41 Å². The van der Waals surface area contributed by atoms with Crippen LogP contribution >= 0.6 is 0 Å². The fourth-order valence-corrected chi connectivity index (χ4v) is 2.07. The van der Waals surface area contributed by atoms with E-state index in [0.29, 0.717) is 6.10 Å². The molecule has 0 spiro atoms. The lowest BCUT2D eigenvalue weighted by molar-refractivity contribution is 0.155. The first-order valence-electron chi connectivity index (χ1n) is 5.66. The van der Waals surface area contributed by atoms with Gasteiger partial charge in [0.05, 0.1) is 6.10 Å². The molecule has 1 aromatic rings. The number of rotatable bonds is 3. The third kappa shape index (κ3) is 2.58. The fourth-order valence-electron chi connectivity index (χ4n) is 2.07. The molecule has 1 N–H and O–H groups in total. The molecule has 2 heteroatoms. The smallest absolute Gasteiger partial charge is 0.128 e. The Morgan fingerprint density at radius 2 is 1.87 bits per heavy atom. The van der Waals surface area contributed by atoms with Gasteiger partial charge in [-0.1, -0.05) is 18.6 Å². The Morgan fingerprint density at radius 1 is 1.13 bits per heavy atom. The fraction of sp³-hybridized carbons (Fsp3) is 0.462. The van der Waals surface area contributed by atoms with Crippen molar-refractivity contribution in [3.63, 3.8) is 0 Å². The molecule has 0 heterocycles. The Hall–Kier alpha value is -1.31. The topological polar surface area (TPSA) is 33.1 Å². The average Bonchev–Trinajstić information content (AvgIpc) is 2.31. The highest BCUT2D eigenvalue weighted by Gasteiger charge is 2.15. The van der Waals surface area contributed by atoms with Gasteiger partial charge in [0.1, 0.15) is 5.75 Å². The summed E-state index contributed by atoms with van der Waals surface area (Å²) in [7, 11) is 0. The van der Waals surface area contributed by atoms with Crippen molar-refractivity contribution in [1.29, 1.82) is 5.41 Å². The molecule has 0 radical (unpaired) electrons. The van der Waals surface area contributed by atoms with E-state index in [2.05, 4.69) is 0 Å². The highest BCUT2D eigenvalue weighted by Crippen LogP contribution is 2.24. The lowest BCUT2D eigenvalue weighted by Gasteiger charge is -2.23. The molecule has 1 aliphatic carbocycles. The zero-order valence-electron chi connectivity index (χ0n) is 8.91. The predicted molar refractivity (Wildman–Crippen MR) is 61.8 cm³/mol. The van der Waals surface area contributed by atoms with Crippen molar-refractivity contribution in [2.24, 2.45) is 0 Å². The van der Waals surface area contributed by atoms with E-state index < -0.39 is 0 Å². The summed E-state index contributed by atoms with van der Waals surface area (Å²) in [4.78, 5) is 0. The second-order valence-corrected chi connectivity index (χ2v) is 4.06. The first kappa shape index (κ1) is 10.2. The molecular formula is C13H17NO. The Balaban J connectivity index is 2.05. The van der Waals surface area contributed by atoms with E-state index in [0.717, 1.165) is 24.2 Å². The molecule has 2 rings (SSSR count). The SMILES string of the molecule is N=Cc1ccccc1OC1CCCCC1. The Kier molecular flexibility index (Phi) is 3.38. The Morgan fingerprint density at radius 3 is 2.60 bits per heavy atom. The number of nitrogens with one attached hydrogen (secondary N) is 1. The maximum Gasteiger partial charge on any atom is 0.128 e. The number of benzene rings is 1. The standard InChI is InChI=1S/C13H17NO/c14-10-11-6-4-5-9-13(11)15-12-7-2-1-3-8-12/h4-6,9-10,12,14H,1-3,7-8H2. The van der Waals surface area contributed by atoms with Gasteiger partial charge in [0.25, 0.3) is 0 Å². The van der Waals surface area contributed by atoms with Gasteiger partial charge in [0.2, 0.25) is 0 Å². The molecule has 0 amide bonds. The van der Waals surface area contributed by atoms with Crippen LogP contribution in [0.4, 0.5) is 0 Å². The van der Waals surface area contributed by atoms with Gasteiger partial charge in [-0.05, 0) is 37.8 Å². The molecular weight excluding hydrogens is 186 g/mol. The molecule has 0 aliphatic heterocycles. The second kappa shape index (κ2) is 4.96. The molecule has 1 fully saturated rings. The summed E-state index contributed by atoms with van der Waals surface area (Å²) in [6.45, 7) is 0. The highest BCUT2D eigenvalue weighted by atomic mass is 16.5. The van der Waals surface area contributed by atoms with Gasteiger partial charge in [-0.15, -0.1) is 0 Å². The molecule has 0 unspecified atom stereocenters. The van der Waals surface area contributed by atoms with Crippen molar-refractivity contribution in [3.8, 4) is 5.75 Å². The Labute approximate surface area is 90.8 Å². The summed E-state index contributed by atoms with van der Waals surface area (Å²) >= 11 is 0. The van der Waals surface area contributed by atoms with Crippen molar-refractivity contribution < 1.29 is 4.74 Å². The molecule has 80 valence electrons. The van der Waals surface area contributed by atoms with E-state index in [1.807, 2.05) is 24.3 Å². The van der Waals surface area contributed by atoms with E-state index in [1.54, 1.807) is 0 Å². The normalized spacial score (nSPS) is 17.3.